The van der Waals surface area contributed by atoms with E-state index in [0.717, 1.165) is 8.95 Å². The van der Waals surface area contributed by atoms with Crippen LogP contribution in [0, 0.1) is 0 Å². The molecule has 0 spiro atoms. The lowest BCUT2D eigenvalue weighted by Gasteiger charge is -2.34. The van der Waals surface area contributed by atoms with Crippen LogP contribution in [0.3, 0.4) is 0 Å². The lowest BCUT2D eigenvalue weighted by Crippen LogP contribution is -2.28. The van der Waals surface area contributed by atoms with E-state index in [1.165, 1.54) is 38.9 Å². The molecule has 31 heavy (non-hydrogen) atoms. The van der Waals surface area contributed by atoms with Crippen LogP contribution in [0.2, 0.25) is 0 Å². The zero-order chi connectivity index (χ0) is 21.8. The molecule has 0 N–H and O–H groups in total. The third-order valence-electron chi connectivity index (χ3n) is 6.45. The van der Waals surface area contributed by atoms with Crippen LogP contribution in [0.5, 0.6) is 0 Å². The molecular formula is C29H24Br2. The number of halogens is 2. The van der Waals surface area contributed by atoms with Crippen LogP contribution in [-0.4, -0.2) is 0 Å². The summed E-state index contributed by atoms with van der Waals surface area (Å²) >= 11 is 7.50. The van der Waals surface area contributed by atoms with E-state index >= 15 is 0 Å². The van der Waals surface area contributed by atoms with Crippen molar-refractivity contribution in [3.8, 4) is 11.1 Å². The molecule has 0 nitrogen and oxygen atoms in total. The van der Waals surface area contributed by atoms with Crippen molar-refractivity contribution < 1.29 is 0 Å². The molecule has 1 aliphatic carbocycles. The molecule has 4 aromatic rings. The Kier molecular flexibility index (Phi) is 4.99. The predicted molar refractivity (Wildman–Crippen MR) is 138 cm³/mol. The van der Waals surface area contributed by atoms with E-state index in [2.05, 4.69) is 144 Å². The van der Waals surface area contributed by atoms with E-state index in [1.807, 2.05) is 0 Å². The maximum absolute atomic E-state index is 3.75. The van der Waals surface area contributed by atoms with E-state index in [4.69, 9.17) is 0 Å². The van der Waals surface area contributed by atoms with Crippen molar-refractivity contribution in [3.05, 3.63) is 128 Å². The van der Waals surface area contributed by atoms with Gasteiger partial charge in [-0.1, -0.05) is 119 Å². The van der Waals surface area contributed by atoms with Gasteiger partial charge in [-0.3, -0.25) is 0 Å². The minimum Gasteiger partial charge on any atom is -0.0622 e. The molecule has 5 rings (SSSR count). The Labute approximate surface area is 201 Å². The molecule has 0 fully saturated rings. The topological polar surface area (TPSA) is 0 Å². The zero-order valence-electron chi connectivity index (χ0n) is 17.9. The molecule has 0 heterocycles. The highest BCUT2D eigenvalue weighted by molar-refractivity contribution is 9.10. The highest BCUT2D eigenvalue weighted by atomic mass is 79.9. The van der Waals surface area contributed by atoms with Crippen molar-refractivity contribution in [2.45, 2.75) is 31.6 Å². The van der Waals surface area contributed by atoms with Gasteiger partial charge < -0.3 is 0 Å². The van der Waals surface area contributed by atoms with Crippen LogP contribution in [0.15, 0.2) is 99.9 Å². The molecule has 154 valence electrons. The number of fused-ring (bicyclic) bond motifs is 3. The van der Waals surface area contributed by atoms with Crippen molar-refractivity contribution in [3.63, 3.8) is 0 Å². The molecule has 0 unspecified atom stereocenters. The Morgan fingerprint density at radius 2 is 1.06 bits per heavy atom. The molecule has 0 aliphatic heterocycles. The van der Waals surface area contributed by atoms with E-state index in [0.29, 0.717) is 0 Å². The summed E-state index contributed by atoms with van der Waals surface area (Å²) in [7, 11) is 0. The average molecular weight is 532 g/mol. The molecule has 0 bridgehead atoms. The van der Waals surface area contributed by atoms with E-state index in [-0.39, 0.29) is 10.8 Å². The summed E-state index contributed by atoms with van der Waals surface area (Å²) in [5.41, 5.74) is 8.93. The number of hydrogen-bond acceptors (Lipinski definition) is 0. The first-order valence-corrected chi connectivity index (χ1v) is 12.2. The van der Waals surface area contributed by atoms with Crippen molar-refractivity contribution in [1.82, 2.24) is 0 Å². The Bertz CT molecular complexity index is 1210. The monoisotopic (exact) mass is 530 g/mol. The first-order chi connectivity index (χ1) is 14.8. The van der Waals surface area contributed by atoms with Crippen molar-refractivity contribution in [1.29, 1.82) is 0 Å². The van der Waals surface area contributed by atoms with Crippen LogP contribution in [-0.2, 0) is 10.8 Å². The van der Waals surface area contributed by atoms with Crippen molar-refractivity contribution in [2.75, 3.05) is 0 Å². The van der Waals surface area contributed by atoms with Gasteiger partial charge in [0.25, 0.3) is 0 Å². The van der Waals surface area contributed by atoms with Gasteiger partial charge in [0.15, 0.2) is 0 Å². The predicted octanol–water partition coefficient (Wildman–Crippen LogP) is 8.87. The third-order valence-corrected chi connectivity index (χ3v) is 7.44. The maximum Gasteiger partial charge on any atom is 0.0714 e. The van der Waals surface area contributed by atoms with Crippen LogP contribution < -0.4 is 0 Å². The minimum atomic E-state index is -0.365. The lowest BCUT2D eigenvalue weighted by molar-refractivity contribution is 0.589. The molecule has 0 saturated heterocycles. The largest absolute Gasteiger partial charge is 0.0714 e. The summed E-state index contributed by atoms with van der Waals surface area (Å²) in [5, 5.41) is 0. The summed E-state index contributed by atoms with van der Waals surface area (Å²) in [4.78, 5) is 0. The zero-order valence-corrected chi connectivity index (χ0v) is 21.1. The SMILES string of the molecule is CC(C)(C)c1ccc(C2(c3ccccc3)c3cc(Br)ccc3-c3ccc(Br)cc32)cc1. The van der Waals surface area contributed by atoms with Crippen molar-refractivity contribution in [2.24, 2.45) is 0 Å². The summed E-state index contributed by atoms with van der Waals surface area (Å²) in [6.45, 7) is 6.80. The van der Waals surface area contributed by atoms with Gasteiger partial charge in [0, 0.05) is 8.95 Å². The second-order valence-corrected chi connectivity index (χ2v) is 11.2. The summed E-state index contributed by atoms with van der Waals surface area (Å²) in [6.07, 6.45) is 0. The first-order valence-electron chi connectivity index (χ1n) is 10.6. The van der Waals surface area contributed by atoms with Crippen LogP contribution in [0.1, 0.15) is 48.6 Å². The fourth-order valence-corrected chi connectivity index (χ4v) is 5.69. The van der Waals surface area contributed by atoms with Gasteiger partial charge in [0.05, 0.1) is 5.41 Å². The smallest absolute Gasteiger partial charge is 0.0622 e. The number of hydrogen-bond donors (Lipinski definition) is 0. The Hall–Kier alpha value is -2.16. The summed E-state index contributed by atoms with van der Waals surface area (Å²) in [6, 6.07) is 33.6. The third kappa shape index (κ3) is 3.23. The molecule has 0 saturated carbocycles. The van der Waals surface area contributed by atoms with Crippen LogP contribution in [0.4, 0.5) is 0 Å². The first kappa shape index (κ1) is 20.7. The average Bonchev–Trinajstić information content (AvgIpc) is 3.03. The van der Waals surface area contributed by atoms with E-state index in [9.17, 15) is 0 Å². The molecule has 0 amide bonds. The Balaban J connectivity index is 1.91. The second kappa shape index (κ2) is 7.46. The molecule has 2 heteroatoms. The Morgan fingerprint density at radius 3 is 1.55 bits per heavy atom. The highest BCUT2D eigenvalue weighted by Crippen LogP contribution is 2.57. The minimum absolute atomic E-state index is 0.121. The van der Waals surface area contributed by atoms with Gasteiger partial charge in [-0.2, -0.15) is 0 Å². The van der Waals surface area contributed by atoms with E-state index < -0.39 is 0 Å². The quantitative estimate of drug-likeness (QED) is 0.213. The summed E-state index contributed by atoms with van der Waals surface area (Å²) in [5.74, 6) is 0. The molecule has 4 aromatic carbocycles. The standard InChI is InChI=1S/C29H24Br2/c1-28(2,3)19-9-11-21(12-10-19)29(20-7-5-4-6-8-20)26-17-22(30)13-15-24(26)25-16-14-23(31)18-27(25)29/h4-18H,1-3H3. The maximum atomic E-state index is 3.75. The molecule has 0 aromatic heterocycles. The summed E-state index contributed by atoms with van der Waals surface area (Å²) < 4.78 is 2.20. The second-order valence-electron chi connectivity index (χ2n) is 9.32. The van der Waals surface area contributed by atoms with Gasteiger partial charge >= 0.3 is 0 Å². The fourth-order valence-electron chi connectivity index (χ4n) is 4.97. The normalized spacial score (nSPS) is 14.2. The molecule has 1 aliphatic rings. The van der Waals surface area contributed by atoms with Crippen LogP contribution >= 0.6 is 31.9 Å². The van der Waals surface area contributed by atoms with E-state index in [1.54, 1.807) is 0 Å². The van der Waals surface area contributed by atoms with Gasteiger partial charge in [-0.15, -0.1) is 0 Å². The van der Waals surface area contributed by atoms with Crippen molar-refractivity contribution >= 4 is 31.9 Å². The fraction of sp³-hybridized carbons (Fsp3) is 0.172. The van der Waals surface area contributed by atoms with Gasteiger partial charge in [-0.25, -0.2) is 0 Å². The van der Waals surface area contributed by atoms with Gasteiger partial charge in [-0.05, 0) is 68.6 Å². The molecular weight excluding hydrogens is 508 g/mol. The Morgan fingerprint density at radius 1 is 0.581 bits per heavy atom. The molecule has 0 atom stereocenters. The van der Waals surface area contributed by atoms with Crippen LogP contribution in [0.25, 0.3) is 11.1 Å². The number of benzene rings is 4. The highest BCUT2D eigenvalue weighted by Gasteiger charge is 2.46. The number of rotatable bonds is 2. The molecule has 0 radical (unpaired) electrons. The lowest BCUT2D eigenvalue weighted by atomic mass is 9.67. The van der Waals surface area contributed by atoms with Gasteiger partial charge in [0.2, 0.25) is 0 Å². The van der Waals surface area contributed by atoms with Gasteiger partial charge in [0.1, 0.15) is 0 Å².